The monoisotopic (exact) mass is 358 g/mol. The van der Waals surface area contributed by atoms with Crippen molar-refractivity contribution in [3.63, 3.8) is 0 Å². The van der Waals surface area contributed by atoms with Crippen LogP contribution >= 0.6 is 11.6 Å². The normalized spacial score (nSPS) is 10.4. The average Bonchev–Trinajstić information content (AvgIpc) is 2.61. The molecule has 2 rings (SSSR count). The number of carbonyl (C=O) groups is 2. The Morgan fingerprint density at radius 2 is 1.56 bits per heavy atom. The van der Waals surface area contributed by atoms with E-state index in [1.165, 1.54) is 11.8 Å². The van der Waals surface area contributed by atoms with Crippen molar-refractivity contribution in [2.45, 2.75) is 26.9 Å². The Balaban J connectivity index is 2.05. The van der Waals surface area contributed by atoms with Crippen molar-refractivity contribution in [1.29, 1.82) is 0 Å². The summed E-state index contributed by atoms with van der Waals surface area (Å²) in [6.45, 7) is 4.90. The second-order valence-electron chi connectivity index (χ2n) is 5.86. The van der Waals surface area contributed by atoms with Gasteiger partial charge >= 0.3 is 0 Å². The highest BCUT2D eigenvalue weighted by Crippen LogP contribution is 2.17. The van der Waals surface area contributed by atoms with Crippen LogP contribution in [0.25, 0.3) is 0 Å². The summed E-state index contributed by atoms with van der Waals surface area (Å²) in [5.41, 5.74) is 1.90. The van der Waals surface area contributed by atoms with Gasteiger partial charge in [0.25, 0.3) is 0 Å². The van der Waals surface area contributed by atoms with Gasteiger partial charge in [-0.15, -0.1) is 0 Å². The Labute approximate surface area is 154 Å². The van der Waals surface area contributed by atoms with Gasteiger partial charge in [0.1, 0.15) is 6.54 Å². The summed E-state index contributed by atoms with van der Waals surface area (Å²) in [7, 11) is 0. The number of halogens is 1. The SMILES string of the molecule is CCN(Cc1ccccc1)C(=O)CN(Cc1ccccc1Cl)C(C)=O. The molecule has 0 saturated carbocycles. The number of benzene rings is 2. The Morgan fingerprint density at radius 3 is 2.16 bits per heavy atom. The molecule has 0 aliphatic rings. The second kappa shape index (κ2) is 9.23. The summed E-state index contributed by atoms with van der Waals surface area (Å²) in [6, 6.07) is 17.2. The minimum absolute atomic E-state index is 0.0429. The predicted octanol–water partition coefficient (Wildman–Crippen LogP) is 3.74. The number of amides is 2. The highest BCUT2D eigenvalue weighted by molar-refractivity contribution is 6.31. The molecule has 132 valence electrons. The zero-order chi connectivity index (χ0) is 18.2. The van der Waals surface area contributed by atoms with Crippen LogP contribution in [0, 0.1) is 0 Å². The van der Waals surface area contributed by atoms with Crippen LogP contribution < -0.4 is 0 Å². The zero-order valence-electron chi connectivity index (χ0n) is 14.6. The molecular weight excluding hydrogens is 336 g/mol. The maximum Gasteiger partial charge on any atom is 0.242 e. The lowest BCUT2D eigenvalue weighted by atomic mass is 10.2. The van der Waals surface area contributed by atoms with Crippen molar-refractivity contribution in [3.8, 4) is 0 Å². The zero-order valence-corrected chi connectivity index (χ0v) is 15.4. The van der Waals surface area contributed by atoms with Crippen LogP contribution in [0.4, 0.5) is 0 Å². The first-order chi connectivity index (χ1) is 12.0. The molecule has 0 spiro atoms. The molecule has 0 atom stereocenters. The number of likely N-dealkylation sites (N-methyl/N-ethyl adjacent to an activating group) is 1. The Hall–Kier alpha value is -2.33. The highest BCUT2D eigenvalue weighted by Gasteiger charge is 2.19. The molecule has 0 unspecified atom stereocenters. The molecule has 0 N–H and O–H groups in total. The van der Waals surface area contributed by atoms with Crippen molar-refractivity contribution in [2.75, 3.05) is 13.1 Å². The summed E-state index contributed by atoms with van der Waals surface area (Å²) in [6.07, 6.45) is 0. The van der Waals surface area contributed by atoms with E-state index in [0.29, 0.717) is 24.7 Å². The van der Waals surface area contributed by atoms with E-state index in [-0.39, 0.29) is 18.4 Å². The van der Waals surface area contributed by atoms with E-state index >= 15 is 0 Å². The van der Waals surface area contributed by atoms with E-state index in [4.69, 9.17) is 11.6 Å². The third kappa shape index (κ3) is 5.61. The van der Waals surface area contributed by atoms with Crippen LogP contribution in [-0.4, -0.2) is 34.7 Å². The fraction of sp³-hybridized carbons (Fsp3) is 0.300. The van der Waals surface area contributed by atoms with Crippen molar-refractivity contribution in [3.05, 3.63) is 70.7 Å². The molecule has 0 aromatic heterocycles. The van der Waals surface area contributed by atoms with Gasteiger partial charge in [-0.25, -0.2) is 0 Å². The number of rotatable bonds is 7. The van der Waals surface area contributed by atoms with E-state index in [0.717, 1.165) is 11.1 Å². The lowest BCUT2D eigenvalue weighted by Crippen LogP contribution is -2.41. The standard InChI is InChI=1S/C20H23ClN2O2/c1-3-22(13-17-9-5-4-6-10-17)20(25)15-23(16(2)24)14-18-11-7-8-12-19(18)21/h4-12H,3,13-15H2,1-2H3. The first-order valence-corrected chi connectivity index (χ1v) is 8.69. The Morgan fingerprint density at radius 1 is 0.920 bits per heavy atom. The highest BCUT2D eigenvalue weighted by atomic mass is 35.5. The van der Waals surface area contributed by atoms with E-state index in [2.05, 4.69) is 0 Å². The summed E-state index contributed by atoms with van der Waals surface area (Å²) < 4.78 is 0. The van der Waals surface area contributed by atoms with Crippen molar-refractivity contribution >= 4 is 23.4 Å². The topological polar surface area (TPSA) is 40.6 Å². The summed E-state index contributed by atoms with van der Waals surface area (Å²) in [5, 5.41) is 0.595. The predicted molar refractivity (Wildman–Crippen MR) is 100 cm³/mol. The largest absolute Gasteiger partial charge is 0.337 e. The summed E-state index contributed by atoms with van der Waals surface area (Å²) >= 11 is 6.17. The van der Waals surface area contributed by atoms with Crippen molar-refractivity contribution in [2.24, 2.45) is 0 Å². The fourth-order valence-corrected chi connectivity index (χ4v) is 2.75. The number of hydrogen-bond acceptors (Lipinski definition) is 2. The molecule has 25 heavy (non-hydrogen) atoms. The maximum atomic E-state index is 12.7. The first kappa shape index (κ1) is 19.0. The van der Waals surface area contributed by atoms with E-state index in [1.54, 1.807) is 11.0 Å². The van der Waals surface area contributed by atoms with Crippen LogP contribution in [0.15, 0.2) is 54.6 Å². The van der Waals surface area contributed by atoms with Crippen LogP contribution in [0.3, 0.4) is 0 Å². The molecule has 0 fully saturated rings. The van der Waals surface area contributed by atoms with Gasteiger partial charge in [-0.05, 0) is 24.1 Å². The van der Waals surface area contributed by atoms with E-state index in [1.807, 2.05) is 55.5 Å². The molecule has 4 nitrogen and oxygen atoms in total. The molecule has 0 aliphatic heterocycles. The number of hydrogen-bond donors (Lipinski definition) is 0. The number of nitrogens with zero attached hydrogens (tertiary/aromatic N) is 2. The lowest BCUT2D eigenvalue weighted by molar-refractivity contribution is -0.140. The molecule has 2 aromatic carbocycles. The molecule has 0 aliphatic carbocycles. The molecule has 5 heteroatoms. The second-order valence-corrected chi connectivity index (χ2v) is 6.27. The van der Waals surface area contributed by atoms with Crippen LogP contribution in [0.2, 0.25) is 5.02 Å². The van der Waals surface area contributed by atoms with Gasteiger partial charge in [0, 0.05) is 31.6 Å². The maximum absolute atomic E-state index is 12.7. The lowest BCUT2D eigenvalue weighted by Gasteiger charge is -2.26. The molecular formula is C20H23ClN2O2. The van der Waals surface area contributed by atoms with Gasteiger partial charge in [0.15, 0.2) is 0 Å². The smallest absolute Gasteiger partial charge is 0.242 e. The van der Waals surface area contributed by atoms with Gasteiger partial charge in [-0.1, -0.05) is 60.1 Å². The third-order valence-electron chi connectivity index (χ3n) is 4.04. The van der Waals surface area contributed by atoms with Crippen LogP contribution in [0.5, 0.6) is 0 Å². The fourth-order valence-electron chi connectivity index (χ4n) is 2.55. The number of carbonyl (C=O) groups excluding carboxylic acids is 2. The Kier molecular flexibility index (Phi) is 7.02. The molecule has 2 aromatic rings. The summed E-state index contributed by atoms with van der Waals surface area (Å²) in [4.78, 5) is 27.9. The van der Waals surface area contributed by atoms with Gasteiger partial charge in [0.05, 0.1) is 0 Å². The minimum atomic E-state index is -0.149. The quantitative estimate of drug-likeness (QED) is 0.756. The summed E-state index contributed by atoms with van der Waals surface area (Å²) in [5.74, 6) is -0.224. The molecule has 0 saturated heterocycles. The van der Waals surface area contributed by atoms with Gasteiger partial charge in [0.2, 0.25) is 11.8 Å². The van der Waals surface area contributed by atoms with Crippen molar-refractivity contribution in [1.82, 2.24) is 9.80 Å². The third-order valence-corrected chi connectivity index (χ3v) is 4.41. The molecule has 0 heterocycles. The van der Waals surface area contributed by atoms with Crippen LogP contribution in [-0.2, 0) is 22.7 Å². The van der Waals surface area contributed by atoms with Gasteiger partial charge in [-0.2, -0.15) is 0 Å². The first-order valence-electron chi connectivity index (χ1n) is 8.32. The minimum Gasteiger partial charge on any atom is -0.337 e. The van der Waals surface area contributed by atoms with E-state index < -0.39 is 0 Å². The van der Waals surface area contributed by atoms with Gasteiger partial charge < -0.3 is 9.80 Å². The van der Waals surface area contributed by atoms with Crippen LogP contribution in [0.1, 0.15) is 25.0 Å². The van der Waals surface area contributed by atoms with Crippen molar-refractivity contribution < 1.29 is 9.59 Å². The molecule has 0 bridgehead atoms. The van der Waals surface area contributed by atoms with Gasteiger partial charge in [-0.3, -0.25) is 9.59 Å². The molecule has 2 amide bonds. The van der Waals surface area contributed by atoms with E-state index in [9.17, 15) is 9.59 Å². The Bertz CT molecular complexity index is 719. The average molecular weight is 359 g/mol. The molecule has 0 radical (unpaired) electrons.